The van der Waals surface area contributed by atoms with Gasteiger partial charge in [0.1, 0.15) is 10.7 Å². The molecule has 1 aliphatic rings. The van der Waals surface area contributed by atoms with E-state index in [2.05, 4.69) is 15.3 Å². The van der Waals surface area contributed by atoms with E-state index in [-0.39, 0.29) is 11.5 Å². The first-order valence-electron chi connectivity index (χ1n) is 8.56. The average Bonchev–Trinajstić information content (AvgIpc) is 2.98. The molecule has 2 heterocycles. The Morgan fingerprint density at radius 1 is 1.40 bits per heavy atom. The summed E-state index contributed by atoms with van der Waals surface area (Å²) >= 11 is 3.27. The first-order valence-corrected chi connectivity index (χ1v) is 10.5. The number of carbonyl (C=O) groups is 1. The monoisotopic (exact) mass is 381 g/mol. The average molecular weight is 382 g/mol. The fourth-order valence-electron chi connectivity index (χ4n) is 2.99. The number of carbonyl (C=O) groups excluding carboxylic acids is 1. The van der Waals surface area contributed by atoms with E-state index in [4.69, 9.17) is 4.74 Å². The number of nitrogens with one attached hydrogen (secondary N) is 2. The molecule has 0 spiro atoms. The Kier molecular flexibility index (Phi) is 6.50. The van der Waals surface area contributed by atoms with Crippen molar-refractivity contribution >= 4 is 39.2 Å². The first kappa shape index (κ1) is 18.4. The minimum atomic E-state index is -0.0164. The Morgan fingerprint density at radius 2 is 2.24 bits per heavy atom. The highest BCUT2D eigenvalue weighted by Crippen LogP contribution is 2.33. The molecule has 136 valence electrons. The zero-order valence-electron chi connectivity index (χ0n) is 14.4. The van der Waals surface area contributed by atoms with E-state index in [9.17, 15) is 9.59 Å². The van der Waals surface area contributed by atoms with Crippen molar-refractivity contribution < 1.29 is 9.53 Å². The summed E-state index contributed by atoms with van der Waals surface area (Å²) in [5.74, 6) is 2.02. The molecule has 0 bridgehead atoms. The molecule has 0 radical (unpaired) electrons. The number of thioether (sulfide) groups is 1. The number of hydrogen-bond donors (Lipinski definition) is 2. The van der Waals surface area contributed by atoms with Gasteiger partial charge >= 0.3 is 0 Å². The third kappa shape index (κ3) is 4.62. The summed E-state index contributed by atoms with van der Waals surface area (Å²) in [4.78, 5) is 33.8. The van der Waals surface area contributed by atoms with E-state index in [1.807, 2.05) is 0 Å². The summed E-state index contributed by atoms with van der Waals surface area (Å²) in [5.41, 5.74) is 1.20. The van der Waals surface area contributed by atoms with Gasteiger partial charge in [0.05, 0.1) is 17.7 Å². The predicted molar refractivity (Wildman–Crippen MR) is 103 cm³/mol. The van der Waals surface area contributed by atoms with Crippen LogP contribution in [-0.4, -0.2) is 41.9 Å². The second-order valence-corrected chi connectivity index (χ2v) is 8.24. The quantitative estimate of drug-likeness (QED) is 0.685. The predicted octanol–water partition coefficient (Wildman–Crippen LogP) is 2.25. The van der Waals surface area contributed by atoms with Gasteiger partial charge < -0.3 is 15.0 Å². The smallest absolute Gasteiger partial charge is 0.259 e. The molecule has 0 saturated carbocycles. The molecule has 6 nitrogen and oxygen atoms in total. The molecule has 0 unspecified atom stereocenters. The third-order valence-corrected chi connectivity index (χ3v) is 6.37. The SMILES string of the molecule is COCCNC(=O)CCSCc1nc2sc3c(c2c(=O)[nH]1)CCCC3. The van der Waals surface area contributed by atoms with Crippen LogP contribution in [0.3, 0.4) is 0 Å². The number of hydrogen-bond acceptors (Lipinski definition) is 6. The van der Waals surface area contributed by atoms with E-state index in [0.29, 0.717) is 36.9 Å². The highest BCUT2D eigenvalue weighted by atomic mass is 32.2. The number of rotatable bonds is 8. The van der Waals surface area contributed by atoms with Gasteiger partial charge in [0, 0.05) is 30.7 Å². The van der Waals surface area contributed by atoms with Crippen LogP contribution >= 0.6 is 23.1 Å². The molecule has 0 aromatic carbocycles. The molecular weight excluding hydrogens is 358 g/mol. The lowest BCUT2D eigenvalue weighted by Crippen LogP contribution is -2.27. The maximum atomic E-state index is 12.4. The van der Waals surface area contributed by atoms with Crippen LogP contribution in [0.25, 0.3) is 10.2 Å². The van der Waals surface area contributed by atoms with Crippen LogP contribution < -0.4 is 10.9 Å². The molecule has 25 heavy (non-hydrogen) atoms. The normalized spacial score (nSPS) is 13.8. The van der Waals surface area contributed by atoms with Gasteiger partial charge in [-0.25, -0.2) is 4.98 Å². The molecule has 2 aromatic heterocycles. The fourth-order valence-corrected chi connectivity index (χ4v) is 5.08. The molecule has 2 aromatic rings. The number of methoxy groups -OCH3 is 1. The lowest BCUT2D eigenvalue weighted by molar-refractivity contribution is -0.120. The van der Waals surface area contributed by atoms with E-state index >= 15 is 0 Å². The number of H-pyrrole nitrogens is 1. The van der Waals surface area contributed by atoms with Crippen molar-refractivity contribution in [1.82, 2.24) is 15.3 Å². The molecule has 0 fully saturated rings. The number of fused-ring (bicyclic) bond motifs is 3. The Balaban J connectivity index is 1.56. The summed E-state index contributed by atoms with van der Waals surface area (Å²) in [7, 11) is 1.61. The van der Waals surface area contributed by atoms with E-state index < -0.39 is 0 Å². The Morgan fingerprint density at radius 3 is 3.08 bits per heavy atom. The maximum absolute atomic E-state index is 12.4. The summed E-state index contributed by atoms with van der Waals surface area (Å²) < 4.78 is 4.89. The second-order valence-electron chi connectivity index (χ2n) is 6.05. The lowest BCUT2D eigenvalue weighted by atomic mass is 9.97. The van der Waals surface area contributed by atoms with Crippen LogP contribution in [0.1, 0.15) is 35.5 Å². The molecule has 1 amide bonds. The maximum Gasteiger partial charge on any atom is 0.259 e. The minimum absolute atomic E-state index is 0.0164. The van der Waals surface area contributed by atoms with Crippen molar-refractivity contribution in [3.8, 4) is 0 Å². The van der Waals surface area contributed by atoms with Crippen LogP contribution in [-0.2, 0) is 28.1 Å². The van der Waals surface area contributed by atoms with Crippen LogP contribution in [0.4, 0.5) is 0 Å². The van der Waals surface area contributed by atoms with Gasteiger partial charge in [0.25, 0.3) is 5.56 Å². The van der Waals surface area contributed by atoms with Gasteiger partial charge in [0.15, 0.2) is 0 Å². The molecule has 0 saturated heterocycles. The first-order chi connectivity index (χ1) is 12.2. The number of aryl methyl sites for hydroxylation is 2. The van der Waals surface area contributed by atoms with Crippen molar-refractivity contribution in [2.75, 3.05) is 26.0 Å². The van der Waals surface area contributed by atoms with Gasteiger partial charge in [-0.05, 0) is 31.2 Å². The van der Waals surface area contributed by atoms with Crippen LogP contribution in [0, 0.1) is 0 Å². The standard InChI is InChI=1S/C17H23N3O3S2/c1-23-8-7-18-14(21)6-9-24-10-13-19-16(22)15-11-4-2-3-5-12(11)25-17(15)20-13/h2-10H2,1H3,(H,18,21)(H,19,20,22). The van der Waals surface area contributed by atoms with Gasteiger partial charge in [-0.2, -0.15) is 11.8 Å². The van der Waals surface area contributed by atoms with Crippen molar-refractivity contribution in [2.45, 2.75) is 37.9 Å². The molecule has 0 atom stereocenters. The Hall–Kier alpha value is -1.38. The zero-order chi connectivity index (χ0) is 17.6. The lowest BCUT2D eigenvalue weighted by Gasteiger charge is -2.09. The second kappa shape index (κ2) is 8.82. The number of thiophene rings is 1. The van der Waals surface area contributed by atoms with Crippen molar-refractivity contribution in [2.24, 2.45) is 0 Å². The van der Waals surface area contributed by atoms with Gasteiger partial charge in [-0.15, -0.1) is 11.3 Å². The number of aromatic nitrogens is 2. The Bertz CT molecular complexity index is 800. The number of ether oxygens (including phenoxy) is 1. The van der Waals surface area contributed by atoms with Crippen molar-refractivity contribution in [3.63, 3.8) is 0 Å². The van der Waals surface area contributed by atoms with Crippen molar-refractivity contribution in [1.29, 1.82) is 0 Å². The van der Waals surface area contributed by atoms with Crippen LogP contribution in [0.2, 0.25) is 0 Å². The highest BCUT2D eigenvalue weighted by Gasteiger charge is 2.19. The van der Waals surface area contributed by atoms with Crippen molar-refractivity contribution in [3.05, 3.63) is 26.6 Å². The molecule has 8 heteroatoms. The number of nitrogens with zero attached hydrogens (tertiary/aromatic N) is 1. The number of aromatic amines is 1. The highest BCUT2D eigenvalue weighted by molar-refractivity contribution is 7.98. The van der Waals surface area contributed by atoms with Gasteiger partial charge in [-0.3, -0.25) is 9.59 Å². The van der Waals surface area contributed by atoms with Gasteiger partial charge in [0.2, 0.25) is 5.91 Å². The Labute approximate surface area is 154 Å². The molecule has 0 aliphatic heterocycles. The van der Waals surface area contributed by atoms with E-state index in [0.717, 1.165) is 29.5 Å². The molecular formula is C17H23N3O3S2. The van der Waals surface area contributed by atoms with E-state index in [1.165, 1.54) is 16.9 Å². The van der Waals surface area contributed by atoms with E-state index in [1.54, 1.807) is 30.2 Å². The fraction of sp³-hybridized carbons (Fsp3) is 0.588. The zero-order valence-corrected chi connectivity index (χ0v) is 16.0. The van der Waals surface area contributed by atoms with Crippen LogP contribution in [0.15, 0.2) is 4.79 Å². The molecule has 1 aliphatic carbocycles. The molecule has 2 N–H and O–H groups in total. The third-order valence-electron chi connectivity index (χ3n) is 4.21. The topological polar surface area (TPSA) is 84.1 Å². The van der Waals surface area contributed by atoms with Gasteiger partial charge in [-0.1, -0.05) is 0 Å². The minimum Gasteiger partial charge on any atom is -0.383 e. The number of amides is 1. The largest absolute Gasteiger partial charge is 0.383 e. The summed E-state index contributed by atoms with van der Waals surface area (Å²) in [6.45, 7) is 1.06. The summed E-state index contributed by atoms with van der Waals surface area (Å²) in [6, 6.07) is 0. The summed E-state index contributed by atoms with van der Waals surface area (Å²) in [5, 5.41) is 3.59. The molecule has 3 rings (SSSR count). The summed E-state index contributed by atoms with van der Waals surface area (Å²) in [6.07, 6.45) is 4.87. The van der Waals surface area contributed by atoms with Crippen LogP contribution in [0.5, 0.6) is 0 Å².